The molecule has 0 aliphatic heterocycles. The molecule has 1 aromatic heterocycles. The second kappa shape index (κ2) is 9.78. The lowest BCUT2D eigenvalue weighted by atomic mass is 9.86. The van der Waals surface area contributed by atoms with Crippen molar-refractivity contribution in [2.75, 3.05) is 7.11 Å². The Labute approximate surface area is 191 Å². The van der Waals surface area contributed by atoms with Gasteiger partial charge in [0.2, 0.25) is 0 Å². The molecule has 0 aliphatic rings. The van der Waals surface area contributed by atoms with Crippen molar-refractivity contribution in [1.29, 1.82) is 0 Å². The van der Waals surface area contributed by atoms with Gasteiger partial charge < -0.3 is 9.84 Å². The summed E-state index contributed by atoms with van der Waals surface area (Å²) < 4.78 is 4.63. The van der Waals surface area contributed by atoms with Crippen molar-refractivity contribution in [2.45, 2.75) is 32.6 Å². The Bertz CT molecular complexity index is 1120. The summed E-state index contributed by atoms with van der Waals surface area (Å²) in [5.41, 5.74) is 6.20. The summed E-state index contributed by atoms with van der Waals surface area (Å²) in [6, 6.07) is 14.3. The Kier molecular flexibility index (Phi) is 7.10. The summed E-state index contributed by atoms with van der Waals surface area (Å²) in [7, 11) is 1.30. The van der Waals surface area contributed by atoms with Crippen molar-refractivity contribution in [3.8, 4) is 16.2 Å². The molecule has 0 aliphatic carbocycles. The standard InChI is InChI=1S/C25H26N2O4S/c1-25(2,3)20-11-9-16(10-12-20)22-21(28)19(15-32-22)13-14-26-27-23(29)17-5-7-18(8-6-17)24(30)31-4/h5-12,14-15,28H,13H2,1-4H3,(H,27,29). The van der Waals surface area contributed by atoms with Gasteiger partial charge in [-0.15, -0.1) is 11.3 Å². The number of esters is 1. The van der Waals surface area contributed by atoms with Crippen LogP contribution < -0.4 is 5.43 Å². The second-order valence-electron chi connectivity index (χ2n) is 8.29. The largest absolute Gasteiger partial charge is 0.506 e. The van der Waals surface area contributed by atoms with Gasteiger partial charge in [-0.25, -0.2) is 10.2 Å². The third-order valence-corrected chi connectivity index (χ3v) is 6.06. The molecule has 0 atom stereocenters. The normalized spacial score (nSPS) is 11.5. The smallest absolute Gasteiger partial charge is 0.337 e. The maximum absolute atomic E-state index is 12.2. The minimum atomic E-state index is -0.463. The maximum atomic E-state index is 12.2. The highest BCUT2D eigenvalue weighted by Crippen LogP contribution is 2.39. The van der Waals surface area contributed by atoms with Crippen LogP contribution in [0.25, 0.3) is 10.4 Å². The van der Waals surface area contributed by atoms with Gasteiger partial charge in [-0.05, 0) is 46.2 Å². The molecule has 2 aromatic carbocycles. The summed E-state index contributed by atoms with van der Waals surface area (Å²) in [5.74, 6) is -0.628. The molecule has 3 aromatic rings. The average Bonchev–Trinajstić information content (AvgIpc) is 3.15. The summed E-state index contributed by atoms with van der Waals surface area (Å²) in [6.07, 6.45) is 1.92. The minimum absolute atomic E-state index is 0.0749. The fourth-order valence-corrected chi connectivity index (χ4v) is 4.03. The van der Waals surface area contributed by atoms with Crippen molar-refractivity contribution < 1.29 is 19.4 Å². The first-order valence-electron chi connectivity index (χ1n) is 10.1. The number of rotatable bonds is 6. The van der Waals surface area contributed by atoms with Crippen molar-refractivity contribution in [3.63, 3.8) is 0 Å². The second-order valence-corrected chi connectivity index (χ2v) is 9.17. The first-order chi connectivity index (χ1) is 15.2. The molecule has 32 heavy (non-hydrogen) atoms. The molecule has 6 nitrogen and oxygen atoms in total. The van der Waals surface area contributed by atoms with E-state index >= 15 is 0 Å². The van der Waals surface area contributed by atoms with Crippen molar-refractivity contribution in [3.05, 3.63) is 76.2 Å². The highest BCUT2D eigenvalue weighted by molar-refractivity contribution is 7.14. The molecule has 7 heteroatoms. The SMILES string of the molecule is COC(=O)c1ccc(C(=O)NN=CCc2csc(-c3ccc(C(C)(C)C)cc3)c2O)cc1. The number of aromatic hydroxyl groups is 1. The van der Waals surface area contributed by atoms with Gasteiger partial charge in [-0.3, -0.25) is 4.79 Å². The number of amides is 1. The number of ether oxygens (including phenoxy) is 1. The van der Waals surface area contributed by atoms with Crippen molar-refractivity contribution in [2.24, 2.45) is 5.10 Å². The third kappa shape index (κ3) is 5.42. The van der Waals surface area contributed by atoms with E-state index in [1.54, 1.807) is 0 Å². The molecule has 0 spiro atoms. The van der Waals surface area contributed by atoms with E-state index in [2.05, 4.69) is 48.2 Å². The van der Waals surface area contributed by atoms with Crippen LogP contribution in [0.1, 0.15) is 52.6 Å². The molecule has 3 rings (SSSR count). The van der Waals surface area contributed by atoms with E-state index < -0.39 is 11.9 Å². The number of nitrogens with one attached hydrogen (secondary N) is 1. The van der Waals surface area contributed by atoms with Crippen LogP contribution in [0.2, 0.25) is 0 Å². The molecule has 0 bridgehead atoms. The van der Waals surface area contributed by atoms with Crippen LogP contribution in [0, 0.1) is 0 Å². The minimum Gasteiger partial charge on any atom is -0.506 e. The number of carbonyl (C=O) groups is 2. The van der Waals surface area contributed by atoms with Gasteiger partial charge in [0.05, 0.1) is 17.6 Å². The lowest BCUT2D eigenvalue weighted by molar-refractivity contribution is 0.0600. The van der Waals surface area contributed by atoms with Crippen LogP contribution in [0.15, 0.2) is 59.0 Å². The molecule has 0 unspecified atom stereocenters. The van der Waals surface area contributed by atoms with E-state index in [4.69, 9.17) is 0 Å². The fourth-order valence-electron chi connectivity index (χ4n) is 3.05. The molecule has 0 saturated carbocycles. The van der Waals surface area contributed by atoms with Gasteiger partial charge in [0.1, 0.15) is 5.75 Å². The quantitative estimate of drug-likeness (QED) is 0.308. The number of nitrogens with zero attached hydrogens (tertiary/aromatic N) is 1. The van der Waals surface area contributed by atoms with E-state index in [-0.39, 0.29) is 11.2 Å². The molecular formula is C25H26N2O4S. The Balaban J connectivity index is 1.60. The molecule has 0 radical (unpaired) electrons. The number of hydrogen-bond donors (Lipinski definition) is 2. The molecule has 2 N–H and O–H groups in total. The average molecular weight is 451 g/mol. The van der Waals surface area contributed by atoms with E-state index in [0.29, 0.717) is 17.5 Å². The Hall–Kier alpha value is -3.45. The zero-order valence-electron chi connectivity index (χ0n) is 18.5. The van der Waals surface area contributed by atoms with Crippen LogP contribution in [-0.4, -0.2) is 30.3 Å². The first kappa shape index (κ1) is 23.2. The predicted octanol–water partition coefficient (Wildman–Crippen LogP) is 5.16. The molecular weight excluding hydrogens is 424 g/mol. The van der Waals surface area contributed by atoms with E-state index in [1.165, 1.54) is 54.5 Å². The number of hydrazone groups is 1. The molecule has 1 amide bonds. The van der Waals surface area contributed by atoms with Crippen molar-refractivity contribution in [1.82, 2.24) is 5.43 Å². The number of thiophene rings is 1. The number of benzene rings is 2. The monoisotopic (exact) mass is 450 g/mol. The first-order valence-corrected chi connectivity index (χ1v) is 11.0. The summed E-state index contributed by atoms with van der Waals surface area (Å²) >= 11 is 1.47. The molecule has 0 saturated heterocycles. The highest BCUT2D eigenvalue weighted by Gasteiger charge is 2.16. The summed E-state index contributed by atoms with van der Waals surface area (Å²) in [5, 5.41) is 16.5. The van der Waals surface area contributed by atoms with Crippen molar-refractivity contribution >= 4 is 29.4 Å². The maximum Gasteiger partial charge on any atom is 0.337 e. The van der Waals surface area contributed by atoms with Gasteiger partial charge in [0, 0.05) is 23.8 Å². The Morgan fingerprint density at radius 2 is 1.69 bits per heavy atom. The van der Waals surface area contributed by atoms with E-state index in [1.807, 2.05) is 17.5 Å². The lowest BCUT2D eigenvalue weighted by Crippen LogP contribution is -2.17. The Morgan fingerprint density at radius 1 is 1.06 bits per heavy atom. The molecule has 0 fully saturated rings. The van der Waals surface area contributed by atoms with Crippen LogP contribution >= 0.6 is 11.3 Å². The lowest BCUT2D eigenvalue weighted by Gasteiger charge is -2.19. The van der Waals surface area contributed by atoms with Crippen LogP contribution in [0.3, 0.4) is 0 Å². The van der Waals surface area contributed by atoms with E-state index in [9.17, 15) is 14.7 Å². The van der Waals surface area contributed by atoms with E-state index in [0.717, 1.165) is 16.0 Å². The van der Waals surface area contributed by atoms with Crippen LogP contribution in [0.5, 0.6) is 5.75 Å². The van der Waals surface area contributed by atoms with Gasteiger partial charge in [0.25, 0.3) is 5.91 Å². The van der Waals surface area contributed by atoms with Gasteiger partial charge in [-0.1, -0.05) is 45.0 Å². The van der Waals surface area contributed by atoms with Gasteiger partial charge in [0.15, 0.2) is 0 Å². The predicted molar refractivity (Wildman–Crippen MR) is 128 cm³/mol. The number of carbonyl (C=O) groups excluding carboxylic acids is 2. The number of methoxy groups -OCH3 is 1. The Morgan fingerprint density at radius 3 is 2.28 bits per heavy atom. The fraction of sp³-hybridized carbons (Fsp3) is 0.240. The zero-order chi connectivity index (χ0) is 23.3. The zero-order valence-corrected chi connectivity index (χ0v) is 19.3. The van der Waals surface area contributed by atoms with Crippen LogP contribution in [-0.2, 0) is 16.6 Å². The highest BCUT2D eigenvalue weighted by atomic mass is 32.1. The molecule has 1 heterocycles. The van der Waals surface area contributed by atoms with Gasteiger partial charge >= 0.3 is 5.97 Å². The van der Waals surface area contributed by atoms with Crippen LogP contribution in [0.4, 0.5) is 0 Å². The molecule has 166 valence electrons. The van der Waals surface area contributed by atoms with Gasteiger partial charge in [-0.2, -0.15) is 5.10 Å². The summed E-state index contributed by atoms with van der Waals surface area (Å²) in [4.78, 5) is 24.4. The number of hydrogen-bond acceptors (Lipinski definition) is 6. The third-order valence-electron chi connectivity index (χ3n) is 4.99. The topological polar surface area (TPSA) is 88.0 Å². The summed E-state index contributed by atoms with van der Waals surface area (Å²) in [6.45, 7) is 6.49.